The van der Waals surface area contributed by atoms with E-state index in [1.165, 1.54) is 16.7 Å². The van der Waals surface area contributed by atoms with Crippen molar-refractivity contribution in [3.8, 4) is 0 Å². The molecule has 0 aliphatic carbocycles. The standard InChI is InChI=1S/C20H17FN4O3/c21-12-7-8-13-14(10-12)23-19(22-13)16-5-3-9-24(16)18(26)11-25-15-4-1-2-6-17(15)28-20(25)27/h1-2,4,6-8,10,16H,3,5,9,11H2,(H,22,23). The van der Waals surface area contributed by atoms with Crippen molar-refractivity contribution in [1.29, 1.82) is 0 Å². The van der Waals surface area contributed by atoms with E-state index in [1.54, 1.807) is 35.2 Å². The van der Waals surface area contributed by atoms with Gasteiger partial charge in [0.2, 0.25) is 5.91 Å². The number of nitrogens with zero attached hydrogens (tertiary/aromatic N) is 3. The lowest BCUT2D eigenvalue weighted by Gasteiger charge is -2.23. The number of amides is 1. The first-order chi connectivity index (χ1) is 13.6. The van der Waals surface area contributed by atoms with Gasteiger partial charge >= 0.3 is 5.76 Å². The van der Waals surface area contributed by atoms with E-state index in [1.807, 2.05) is 0 Å². The molecule has 0 bridgehead atoms. The average molecular weight is 380 g/mol. The quantitative estimate of drug-likeness (QED) is 0.592. The van der Waals surface area contributed by atoms with E-state index >= 15 is 0 Å². The molecule has 0 radical (unpaired) electrons. The third-order valence-corrected chi connectivity index (χ3v) is 5.22. The highest BCUT2D eigenvalue weighted by molar-refractivity contribution is 5.80. The summed E-state index contributed by atoms with van der Waals surface area (Å²) in [6.07, 6.45) is 1.60. The van der Waals surface area contributed by atoms with Gasteiger partial charge in [0, 0.05) is 6.54 Å². The molecule has 1 aliphatic rings. The molecule has 2 aromatic carbocycles. The fourth-order valence-corrected chi connectivity index (χ4v) is 3.90. The van der Waals surface area contributed by atoms with Crippen LogP contribution in [-0.4, -0.2) is 31.9 Å². The van der Waals surface area contributed by atoms with Gasteiger partial charge in [0.1, 0.15) is 18.2 Å². The smallest absolute Gasteiger partial charge is 0.408 e. The zero-order valence-electron chi connectivity index (χ0n) is 14.9. The van der Waals surface area contributed by atoms with Gasteiger partial charge in [-0.15, -0.1) is 0 Å². The molecule has 1 saturated heterocycles. The highest BCUT2D eigenvalue weighted by Crippen LogP contribution is 2.32. The fraction of sp³-hybridized carbons (Fsp3) is 0.250. The summed E-state index contributed by atoms with van der Waals surface area (Å²) in [4.78, 5) is 34.5. The summed E-state index contributed by atoms with van der Waals surface area (Å²) < 4.78 is 20.0. The van der Waals surface area contributed by atoms with Crippen molar-refractivity contribution in [3.63, 3.8) is 0 Å². The van der Waals surface area contributed by atoms with Gasteiger partial charge in [-0.2, -0.15) is 0 Å². The molecule has 1 fully saturated rings. The topological polar surface area (TPSA) is 84.1 Å². The molecule has 7 nitrogen and oxygen atoms in total. The van der Waals surface area contributed by atoms with Crippen LogP contribution in [0.3, 0.4) is 0 Å². The van der Waals surface area contributed by atoms with Crippen LogP contribution in [0.2, 0.25) is 0 Å². The van der Waals surface area contributed by atoms with Gasteiger partial charge in [0.25, 0.3) is 0 Å². The molecule has 0 spiro atoms. The van der Waals surface area contributed by atoms with E-state index in [0.29, 0.717) is 34.5 Å². The molecule has 1 N–H and O–H groups in total. The van der Waals surface area contributed by atoms with Crippen LogP contribution in [0, 0.1) is 5.82 Å². The number of nitrogens with one attached hydrogen (secondary N) is 1. The Morgan fingerprint density at radius 2 is 2.14 bits per heavy atom. The van der Waals surface area contributed by atoms with Crippen molar-refractivity contribution in [3.05, 3.63) is 64.7 Å². The molecule has 1 aliphatic heterocycles. The summed E-state index contributed by atoms with van der Waals surface area (Å²) >= 11 is 0. The lowest BCUT2D eigenvalue weighted by molar-refractivity contribution is -0.132. The first-order valence-electron chi connectivity index (χ1n) is 9.13. The van der Waals surface area contributed by atoms with Gasteiger partial charge in [-0.25, -0.2) is 14.2 Å². The third kappa shape index (κ3) is 2.69. The SMILES string of the molecule is O=C(Cn1c(=O)oc2ccccc21)N1CCCC1c1nc2ccc(F)cc2[nH]1. The molecule has 8 heteroatoms. The summed E-state index contributed by atoms with van der Waals surface area (Å²) in [5, 5.41) is 0. The van der Waals surface area contributed by atoms with Crippen molar-refractivity contribution >= 4 is 28.0 Å². The Bertz CT molecular complexity index is 1260. The molecule has 2 aromatic heterocycles. The fourth-order valence-electron chi connectivity index (χ4n) is 3.90. The van der Waals surface area contributed by atoms with Crippen molar-refractivity contribution in [1.82, 2.24) is 19.4 Å². The first-order valence-corrected chi connectivity index (χ1v) is 9.13. The number of aromatic amines is 1. The van der Waals surface area contributed by atoms with Crippen molar-refractivity contribution < 1.29 is 13.6 Å². The van der Waals surface area contributed by atoms with E-state index < -0.39 is 5.76 Å². The van der Waals surface area contributed by atoms with Crippen molar-refractivity contribution in [2.75, 3.05) is 6.54 Å². The number of benzene rings is 2. The minimum atomic E-state index is -0.551. The molecule has 3 heterocycles. The summed E-state index contributed by atoms with van der Waals surface area (Å²) in [5.74, 6) is -0.434. The number of hydrogen-bond donors (Lipinski definition) is 1. The molecule has 1 atom stereocenters. The Morgan fingerprint density at radius 1 is 1.29 bits per heavy atom. The van der Waals surface area contributed by atoms with Crippen LogP contribution in [0.5, 0.6) is 0 Å². The van der Waals surface area contributed by atoms with Gasteiger partial charge < -0.3 is 14.3 Å². The largest absolute Gasteiger partial charge is 0.420 e. The molecule has 28 heavy (non-hydrogen) atoms. The molecule has 1 amide bonds. The predicted octanol–water partition coefficient (Wildman–Crippen LogP) is 2.97. The van der Waals surface area contributed by atoms with Gasteiger partial charge in [0.15, 0.2) is 5.58 Å². The number of likely N-dealkylation sites (tertiary alicyclic amines) is 1. The highest BCUT2D eigenvalue weighted by Gasteiger charge is 2.32. The Kier molecular flexibility index (Phi) is 3.78. The molecule has 142 valence electrons. The van der Waals surface area contributed by atoms with Gasteiger partial charge in [-0.1, -0.05) is 12.1 Å². The van der Waals surface area contributed by atoms with Crippen LogP contribution in [0.1, 0.15) is 24.7 Å². The highest BCUT2D eigenvalue weighted by atomic mass is 19.1. The second-order valence-corrected chi connectivity index (χ2v) is 6.95. The number of hydrogen-bond acceptors (Lipinski definition) is 4. The van der Waals surface area contributed by atoms with Gasteiger partial charge in [-0.05, 0) is 43.2 Å². The summed E-state index contributed by atoms with van der Waals surface area (Å²) in [6.45, 7) is 0.487. The number of rotatable bonds is 3. The Morgan fingerprint density at radius 3 is 3.04 bits per heavy atom. The number of imidazole rings is 1. The normalized spacial score (nSPS) is 17.0. The number of para-hydroxylation sites is 2. The monoisotopic (exact) mass is 380 g/mol. The maximum Gasteiger partial charge on any atom is 0.420 e. The Balaban J connectivity index is 1.45. The molecule has 1 unspecified atom stereocenters. The maximum atomic E-state index is 13.5. The van der Waals surface area contributed by atoms with E-state index in [0.717, 1.165) is 12.8 Å². The zero-order chi connectivity index (χ0) is 19.3. The van der Waals surface area contributed by atoms with Crippen LogP contribution < -0.4 is 5.76 Å². The van der Waals surface area contributed by atoms with Gasteiger partial charge in [-0.3, -0.25) is 9.36 Å². The first kappa shape index (κ1) is 16.7. The van der Waals surface area contributed by atoms with Gasteiger partial charge in [0.05, 0.1) is 22.6 Å². The number of aromatic nitrogens is 3. The number of fused-ring (bicyclic) bond motifs is 2. The summed E-state index contributed by atoms with van der Waals surface area (Å²) in [6, 6.07) is 11.2. The number of H-pyrrole nitrogens is 1. The lowest BCUT2D eigenvalue weighted by Crippen LogP contribution is -2.35. The van der Waals surface area contributed by atoms with E-state index in [2.05, 4.69) is 9.97 Å². The Hall–Kier alpha value is -3.42. The number of carbonyl (C=O) groups is 1. The van der Waals surface area contributed by atoms with Crippen LogP contribution >= 0.6 is 0 Å². The number of carbonyl (C=O) groups excluding carboxylic acids is 1. The second-order valence-electron chi connectivity index (χ2n) is 6.95. The van der Waals surface area contributed by atoms with Crippen LogP contribution in [-0.2, 0) is 11.3 Å². The molecule has 5 rings (SSSR count). The number of oxazole rings is 1. The van der Waals surface area contributed by atoms with E-state index in [9.17, 15) is 14.0 Å². The average Bonchev–Trinajstić information content (AvgIpc) is 3.38. The minimum Gasteiger partial charge on any atom is -0.408 e. The molecule has 4 aromatic rings. The maximum absolute atomic E-state index is 13.5. The third-order valence-electron chi connectivity index (χ3n) is 5.22. The lowest BCUT2D eigenvalue weighted by atomic mass is 10.2. The van der Waals surface area contributed by atoms with Crippen LogP contribution in [0.15, 0.2) is 51.7 Å². The number of halogens is 1. The Labute approximate surface area is 158 Å². The minimum absolute atomic E-state index is 0.0960. The molecular weight excluding hydrogens is 363 g/mol. The zero-order valence-corrected chi connectivity index (χ0v) is 14.9. The van der Waals surface area contributed by atoms with E-state index in [4.69, 9.17) is 4.42 Å². The summed E-state index contributed by atoms with van der Waals surface area (Å²) in [5.41, 5.74) is 2.31. The molecular formula is C20H17FN4O3. The van der Waals surface area contributed by atoms with E-state index in [-0.39, 0.29) is 24.3 Å². The molecule has 0 saturated carbocycles. The summed E-state index contributed by atoms with van der Waals surface area (Å²) in [7, 11) is 0. The van der Waals surface area contributed by atoms with Crippen molar-refractivity contribution in [2.24, 2.45) is 0 Å². The second kappa shape index (κ2) is 6.33. The van der Waals surface area contributed by atoms with Crippen LogP contribution in [0.4, 0.5) is 4.39 Å². The van der Waals surface area contributed by atoms with Crippen LogP contribution in [0.25, 0.3) is 22.1 Å². The predicted molar refractivity (Wildman–Crippen MR) is 100 cm³/mol. The van der Waals surface area contributed by atoms with Crippen molar-refractivity contribution in [2.45, 2.75) is 25.4 Å².